The number of rotatable bonds is 12. The van der Waals surface area contributed by atoms with E-state index in [-0.39, 0.29) is 48.2 Å². The molecule has 3 amide bonds. The number of carbonyl (C=O) groups excluding carboxylic acids is 3. The van der Waals surface area contributed by atoms with Gasteiger partial charge in [0.05, 0.1) is 24.1 Å². The summed E-state index contributed by atoms with van der Waals surface area (Å²) in [6.07, 6.45) is 5.11. The Morgan fingerprint density at radius 2 is 1.93 bits per heavy atom. The third-order valence-corrected chi connectivity index (χ3v) is 8.87. The number of hydrogen-bond donors (Lipinski definition) is 6. The maximum Gasteiger partial charge on any atom is 0.270 e. The molecule has 2 aromatic heterocycles. The number of thiazole rings is 2. The molecule has 0 radical (unpaired) electrons. The van der Waals surface area contributed by atoms with Crippen LogP contribution in [0, 0.1) is 5.41 Å². The number of hydrogen-bond acceptors (Lipinski definition) is 9. The van der Waals surface area contributed by atoms with Gasteiger partial charge in [0.25, 0.3) is 11.8 Å². The summed E-state index contributed by atoms with van der Waals surface area (Å²) in [5.41, 5.74) is 8.21. The van der Waals surface area contributed by atoms with Gasteiger partial charge in [-0.3, -0.25) is 24.8 Å². The number of amides is 3. The van der Waals surface area contributed by atoms with Crippen LogP contribution >= 0.6 is 22.7 Å². The summed E-state index contributed by atoms with van der Waals surface area (Å²) in [6, 6.07) is 0.204. The van der Waals surface area contributed by atoms with E-state index in [1.807, 2.05) is 12.3 Å². The van der Waals surface area contributed by atoms with E-state index in [0.29, 0.717) is 35.1 Å². The molecular weight excluding hydrogens is 550 g/mol. The maximum atomic E-state index is 12.9. The van der Waals surface area contributed by atoms with E-state index >= 15 is 0 Å². The number of unbranched alkanes of at least 4 members (excludes halogenated alkanes) is 1. The molecule has 0 saturated heterocycles. The third kappa shape index (κ3) is 6.39. The Hall–Kier alpha value is -3.65. The van der Waals surface area contributed by atoms with E-state index in [4.69, 9.17) is 11.1 Å². The fourth-order valence-corrected chi connectivity index (χ4v) is 6.48. The van der Waals surface area contributed by atoms with Gasteiger partial charge in [0.1, 0.15) is 21.4 Å². The number of carbonyl (C=O) groups is 3. The molecule has 0 aromatic carbocycles. The average Bonchev–Trinajstić information content (AvgIpc) is 3.33. The number of guanidine groups is 1. The Morgan fingerprint density at radius 1 is 1.15 bits per heavy atom. The van der Waals surface area contributed by atoms with Crippen LogP contribution in [-0.4, -0.2) is 64.0 Å². The molecule has 1 aliphatic carbocycles. The van der Waals surface area contributed by atoms with E-state index in [1.54, 1.807) is 5.38 Å². The predicted octanol–water partition coefficient (Wildman–Crippen LogP) is 1.85. The second-order valence-electron chi connectivity index (χ2n) is 10.3. The molecule has 4 heterocycles. The lowest BCUT2D eigenvalue weighted by atomic mass is 9.95. The molecule has 12 nitrogen and oxygen atoms in total. The quantitative estimate of drug-likeness (QED) is 0.125. The largest absolute Gasteiger partial charge is 0.370 e. The Bertz CT molecular complexity index is 1390. The van der Waals surface area contributed by atoms with Gasteiger partial charge in [-0.25, -0.2) is 9.97 Å². The Morgan fingerprint density at radius 3 is 2.62 bits per heavy atom. The SMILES string of the molecule is C[C@H]1CCC(C2=C(CC(=O)NCc3nc(-c4nc(C(=O)NCCCCNC(=N)N)cs4)cs3)C3(CC3)NC2=O)=N1. The van der Waals surface area contributed by atoms with Crippen LogP contribution < -0.4 is 27.0 Å². The Balaban J connectivity index is 1.13. The second-order valence-corrected chi connectivity index (χ2v) is 12.1. The Kier molecular flexibility index (Phi) is 8.26. The zero-order valence-corrected chi connectivity index (χ0v) is 23.9. The van der Waals surface area contributed by atoms with Crippen LogP contribution in [0.4, 0.5) is 0 Å². The van der Waals surface area contributed by atoms with Gasteiger partial charge in [0, 0.05) is 35.6 Å². The first kappa shape index (κ1) is 27.9. The number of nitrogens with two attached hydrogens (primary N) is 1. The van der Waals surface area contributed by atoms with Crippen molar-refractivity contribution in [2.24, 2.45) is 10.7 Å². The molecule has 5 rings (SSSR count). The topological polar surface area (TPSA) is 187 Å². The highest BCUT2D eigenvalue weighted by atomic mass is 32.1. The molecule has 2 aliphatic heterocycles. The molecule has 2 aromatic rings. The molecule has 14 heteroatoms. The van der Waals surface area contributed by atoms with Crippen LogP contribution in [0.3, 0.4) is 0 Å². The number of nitrogens with zero attached hydrogens (tertiary/aromatic N) is 3. The van der Waals surface area contributed by atoms with Crippen LogP contribution in [-0.2, 0) is 16.1 Å². The van der Waals surface area contributed by atoms with Crippen LogP contribution in [0.2, 0.25) is 0 Å². The van der Waals surface area contributed by atoms with Gasteiger partial charge < -0.3 is 27.0 Å². The van der Waals surface area contributed by atoms with Gasteiger partial charge in [-0.15, -0.1) is 22.7 Å². The lowest BCUT2D eigenvalue weighted by molar-refractivity contribution is -0.120. The van der Waals surface area contributed by atoms with Crippen molar-refractivity contribution in [3.05, 3.63) is 32.6 Å². The molecule has 1 fully saturated rings. The second kappa shape index (κ2) is 11.8. The highest BCUT2D eigenvalue weighted by Crippen LogP contribution is 2.49. The van der Waals surface area contributed by atoms with Crippen molar-refractivity contribution in [3.63, 3.8) is 0 Å². The van der Waals surface area contributed by atoms with Gasteiger partial charge >= 0.3 is 0 Å². The minimum atomic E-state index is -0.367. The molecule has 1 spiro atoms. The fourth-order valence-electron chi connectivity index (χ4n) is 4.93. The fraction of sp³-hybridized carbons (Fsp3) is 0.500. The first-order valence-electron chi connectivity index (χ1n) is 13.4. The predicted molar refractivity (Wildman–Crippen MR) is 154 cm³/mol. The molecule has 7 N–H and O–H groups in total. The molecule has 0 unspecified atom stereocenters. The zero-order valence-electron chi connectivity index (χ0n) is 22.3. The summed E-state index contributed by atoms with van der Waals surface area (Å²) in [6.45, 7) is 3.41. The highest BCUT2D eigenvalue weighted by molar-refractivity contribution is 7.14. The van der Waals surface area contributed by atoms with Gasteiger partial charge in [-0.2, -0.15) is 0 Å². The zero-order chi connectivity index (χ0) is 28.3. The van der Waals surface area contributed by atoms with Crippen LogP contribution in [0.25, 0.3) is 10.7 Å². The van der Waals surface area contributed by atoms with Crippen LogP contribution in [0.5, 0.6) is 0 Å². The highest BCUT2D eigenvalue weighted by Gasteiger charge is 2.54. The van der Waals surface area contributed by atoms with Gasteiger partial charge in [0.2, 0.25) is 5.91 Å². The van der Waals surface area contributed by atoms with Gasteiger partial charge in [-0.05, 0) is 51.0 Å². The molecule has 3 aliphatic rings. The Labute approximate surface area is 239 Å². The van der Waals surface area contributed by atoms with Crippen molar-refractivity contribution in [3.8, 4) is 10.7 Å². The van der Waals surface area contributed by atoms with Crippen LogP contribution in [0.1, 0.15) is 67.4 Å². The summed E-state index contributed by atoms with van der Waals surface area (Å²) < 4.78 is 0. The van der Waals surface area contributed by atoms with Crippen molar-refractivity contribution in [2.75, 3.05) is 13.1 Å². The minimum absolute atomic E-state index is 0.0613. The van der Waals surface area contributed by atoms with Gasteiger partial charge in [-0.1, -0.05) is 0 Å². The number of aliphatic imine (C=N–C) groups is 1. The summed E-state index contributed by atoms with van der Waals surface area (Å²) in [5, 5.41) is 23.7. The monoisotopic (exact) mass is 583 g/mol. The van der Waals surface area contributed by atoms with E-state index in [2.05, 4.69) is 36.2 Å². The normalized spacial score (nSPS) is 19.0. The van der Waals surface area contributed by atoms with E-state index in [0.717, 1.165) is 54.8 Å². The van der Waals surface area contributed by atoms with Crippen LogP contribution in [0.15, 0.2) is 26.9 Å². The molecule has 1 saturated carbocycles. The molecule has 212 valence electrons. The number of nitrogens with one attached hydrogen (secondary N) is 5. The average molecular weight is 584 g/mol. The summed E-state index contributed by atoms with van der Waals surface area (Å²) >= 11 is 2.76. The first-order chi connectivity index (χ1) is 19.2. The lowest BCUT2D eigenvalue weighted by Crippen LogP contribution is -2.32. The summed E-state index contributed by atoms with van der Waals surface area (Å²) in [5.74, 6) is -0.557. The van der Waals surface area contributed by atoms with E-state index in [9.17, 15) is 14.4 Å². The summed E-state index contributed by atoms with van der Waals surface area (Å²) in [7, 11) is 0. The minimum Gasteiger partial charge on any atom is -0.370 e. The molecule has 40 heavy (non-hydrogen) atoms. The molecular formula is C26H33N9O3S2. The van der Waals surface area contributed by atoms with Gasteiger partial charge in [0.15, 0.2) is 5.96 Å². The van der Waals surface area contributed by atoms with Crippen molar-refractivity contribution in [1.82, 2.24) is 31.2 Å². The van der Waals surface area contributed by atoms with Crippen molar-refractivity contribution < 1.29 is 14.4 Å². The lowest BCUT2D eigenvalue weighted by Gasteiger charge is -2.13. The van der Waals surface area contributed by atoms with E-state index in [1.165, 1.54) is 22.7 Å². The summed E-state index contributed by atoms with van der Waals surface area (Å²) in [4.78, 5) is 51.8. The van der Waals surface area contributed by atoms with Crippen molar-refractivity contribution >= 4 is 52.1 Å². The van der Waals surface area contributed by atoms with Crippen molar-refractivity contribution in [2.45, 2.75) is 70.0 Å². The standard InChI is InChI=1S/C26H33N9O3S2/c1-14-4-5-16(32-14)21-15(26(6-7-26)35-23(21)38)10-19(36)31-11-20-33-18(13-39-20)24-34-17(12-40-24)22(37)29-8-2-3-9-30-25(27)28/h12-14H,2-11H2,1H3,(H,29,37)(H,31,36)(H,35,38)(H4,27,28,30)/t14-/m0/s1. The molecule has 1 atom stereocenters. The maximum absolute atomic E-state index is 12.9. The van der Waals surface area contributed by atoms with E-state index < -0.39 is 0 Å². The smallest absolute Gasteiger partial charge is 0.270 e. The van der Waals surface area contributed by atoms with Crippen molar-refractivity contribution in [1.29, 1.82) is 5.41 Å². The number of aromatic nitrogens is 2. The third-order valence-electron chi connectivity index (χ3n) is 7.16. The first-order valence-corrected chi connectivity index (χ1v) is 15.2. The molecule has 0 bridgehead atoms.